The van der Waals surface area contributed by atoms with Crippen LogP contribution in [0.5, 0.6) is 0 Å². The number of rotatable bonds is 3. The van der Waals surface area contributed by atoms with Gasteiger partial charge in [-0.05, 0) is 17.0 Å². The summed E-state index contributed by atoms with van der Waals surface area (Å²) in [6, 6.07) is 8.08. The van der Waals surface area contributed by atoms with Crippen LogP contribution in [0.25, 0.3) is 16.8 Å². The summed E-state index contributed by atoms with van der Waals surface area (Å²) in [7, 11) is 0. The summed E-state index contributed by atoms with van der Waals surface area (Å²) in [4.78, 5) is 14.8. The smallest absolute Gasteiger partial charge is 0.217 e. The van der Waals surface area contributed by atoms with Crippen molar-refractivity contribution < 1.29 is 4.79 Å². The number of benzene rings is 1. The number of aromatic nitrogens is 1. The van der Waals surface area contributed by atoms with E-state index in [9.17, 15) is 4.79 Å². The largest absolute Gasteiger partial charge is 0.353 e. The topological polar surface area (TPSA) is 42.0 Å². The Morgan fingerprint density at radius 1 is 1.41 bits per heavy atom. The molecule has 2 rings (SSSR count). The van der Waals surface area contributed by atoms with E-state index in [4.69, 9.17) is 0 Å². The van der Waals surface area contributed by atoms with Crippen LogP contribution >= 0.6 is 0 Å². The van der Waals surface area contributed by atoms with Crippen molar-refractivity contribution in [1.29, 1.82) is 0 Å². The number of hydrogen-bond acceptors (Lipinski definition) is 2. The fourth-order valence-electron chi connectivity index (χ4n) is 1.68. The molecule has 3 heteroatoms. The highest BCUT2D eigenvalue weighted by Crippen LogP contribution is 2.18. The Morgan fingerprint density at radius 3 is 3.12 bits per heavy atom. The lowest BCUT2D eigenvalue weighted by Crippen LogP contribution is -2.19. The maximum atomic E-state index is 10.7. The van der Waals surface area contributed by atoms with Crippen LogP contribution in [-0.4, -0.2) is 17.4 Å². The van der Waals surface area contributed by atoms with Gasteiger partial charge < -0.3 is 5.32 Å². The first-order chi connectivity index (χ1) is 8.27. The lowest BCUT2D eigenvalue weighted by atomic mass is 10.1. The van der Waals surface area contributed by atoms with Crippen LogP contribution in [0.3, 0.4) is 0 Å². The molecule has 86 valence electrons. The van der Waals surface area contributed by atoms with Crippen molar-refractivity contribution in [1.82, 2.24) is 10.3 Å². The van der Waals surface area contributed by atoms with Crippen molar-refractivity contribution in [2.45, 2.75) is 6.92 Å². The van der Waals surface area contributed by atoms with Crippen LogP contribution in [0.2, 0.25) is 0 Å². The lowest BCUT2D eigenvalue weighted by Gasteiger charge is -2.01. The first-order valence-corrected chi connectivity index (χ1v) is 5.51. The lowest BCUT2D eigenvalue weighted by molar-refractivity contribution is -0.118. The number of pyridine rings is 1. The molecule has 1 aromatic heterocycles. The van der Waals surface area contributed by atoms with E-state index in [0.717, 1.165) is 10.9 Å². The van der Waals surface area contributed by atoms with Crippen molar-refractivity contribution in [3.05, 3.63) is 48.3 Å². The maximum absolute atomic E-state index is 10.7. The third-order valence-electron chi connectivity index (χ3n) is 2.48. The summed E-state index contributed by atoms with van der Waals surface area (Å²) in [6.45, 7) is 2.06. The summed E-state index contributed by atoms with van der Waals surface area (Å²) in [5.41, 5.74) is 1.13. The highest BCUT2D eigenvalue weighted by Gasteiger charge is 1.96. The van der Waals surface area contributed by atoms with Gasteiger partial charge in [-0.2, -0.15) is 0 Å². The van der Waals surface area contributed by atoms with E-state index in [-0.39, 0.29) is 5.91 Å². The van der Waals surface area contributed by atoms with E-state index < -0.39 is 0 Å². The van der Waals surface area contributed by atoms with Crippen molar-refractivity contribution in [3.63, 3.8) is 0 Å². The molecule has 1 heterocycles. The highest BCUT2D eigenvalue weighted by atomic mass is 16.1. The van der Waals surface area contributed by atoms with Gasteiger partial charge >= 0.3 is 0 Å². The zero-order chi connectivity index (χ0) is 12.1. The molecule has 0 bridgehead atoms. The first kappa shape index (κ1) is 11.3. The van der Waals surface area contributed by atoms with E-state index in [1.165, 1.54) is 12.3 Å². The van der Waals surface area contributed by atoms with Crippen LogP contribution in [0, 0.1) is 0 Å². The van der Waals surface area contributed by atoms with Crippen molar-refractivity contribution in [2.75, 3.05) is 6.54 Å². The molecule has 0 saturated carbocycles. The van der Waals surface area contributed by atoms with E-state index in [2.05, 4.69) is 10.3 Å². The van der Waals surface area contributed by atoms with Crippen molar-refractivity contribution in [3.8, 4) is 0 Å². The van der Waals surface area contributed by atoms with Crippen LogP contribution in [0.1, 0.15) is 12.5 Å². The molecule has 3 nitrogen and oxygen atoms in total. The Morgan fingerprint density at radius 2 is 2.29 bits per heavy atom. The zero-order valence-electron chi connectivity index (χ0n) is 9.68. The number of carbonyl (C=O) groups excluding carboxylic acids is 1. The standard InChI is InChI=1S/C14H14N2O/c1-11(17)16-8-3-6-12-4-2-5-13-10-15-9-7-14(12)13/h2-7,9-10H,8H2,1H3,(H,16,17). The second-order valence-electron chi connectivity index (χ2n) is 3.78. The quantitative estimate of drug-likeness (QED) is 0.873. The van der Waals surface area contributed by atoms with E-state index in [0.29, 0.717) is 6.54 Å². The molecule has 0 aliphatic rings. The van der Waals surface area contributed by atoms with Gasteiger partial charge in [0, 0.05) is 31.2 Å². The third-order valence-corrected chi connectivity index (χ3v) is 2.48. The summed E-state index contributed by atoms with van der Waals surface area (Å²) >= 11 is 0. The zero-order valence-corrected chi connectivity index (χ0v) is 9.68. The molecular formula is C14H14N2O. The Bertz CT molecular complexity index is 556. The van der Waals surface area contributed by atoms with Gasteiger partial charge in [0.15, 0.2) is 0 Å². The normalized spacial score (nSPS) is 10.9. The molecule has 0 saturated heterocycles. The van der Waals surface area contributed by atoms with E-state index >= 15 is 0 Å². The second-order valence-corrected chi connectivity index (χ2v) is 3.78. The monoisotopic (exact) mass is 226 g/mol. The van der Waals surface area contributed by atoms with Gasteiger partial charge in [-0.25, -0.2) is 0 Å². The number of fused-ring (bicyclic) bond motifs is 1. The second kappa shape index (κ2) is 5.25. The summed E-state index contributed by atoms with van der Waals surface area (Å²) in [6.07, 6.45) is 7.59. The molecule has 1 N–H and O–H groups in total. The van der Waals surface area contributed by atoms with E-state index in [1.807, 2.05) is 42.6 Å². The molecule has 0 aliphatic heterocycles. The fraction of sp³-hybridized carbons (Fsp3) is 0.143. The first-order valence-electron chi connectivity index (χ1n) is 5.51. The molecule has 0 aliphatic carbocycles. The molecule has 2 aromatic rings. The highest BCUT2D eigenvalue weighted by molar-refractivity contribution is 5.89. The SMILES string of the molecule is CC(=O)NCC=Cc1cccc2cnccc12. The molecule has 0 spiro atoms. The Balaban J connectivity index is 2.21. The molecule has 0 unspecified atom stereocenters. The van der Waals surface area contributed by atoms with Gasteiger partial charge in [0.1, 0.15) is 0 Å². The third kappa shape index (κ3) is 2.91. The Kier molecular flexibility index (Phi) is 3.50. The van der Waals surface area contributed by atoms with Gasteiger partial charge in [-0.3, -0.25) is 9.78 Å². The average molecular weight is 226 g/mol. The summed E-state index contributed by atoms with van der Waals surface area (Å²) in [5.74, 6) is -0.0169. The summed E-state index contributed by atoms with van der Waals surface area (Å²) < 4.78 is 0. The minimum absolute atomic E-state index is 0.0169. The number of hydrogen-bond donors (Lipinski definition) is 1. The molecule has 0 radical (unpaired) electrons. The molecule has 0 fully saturated rings. The van der Waals surface area contributed by atoms with Crippen LogP contribution in [0.4, 0.5) is 0 Å². The van der Waals surface area contributed by atoms with Gasteiger partial charge in [-0.1, -0.05) is 30.4 Å². The van der Waals surface area contributed by atoms with E-state index in [1.54, 1.807) is 6.20 Å². The predicted molar refractivity (Wildman–Crippen MR) is 69.5 cm³/mol. The molecule has 0 atom stereocenters. The van der Waals surface area contributed by atoms with Crippen molar-refractivity contribution in [2.24, 2.45) is 0 Å². The molecule has 1 aromatic carbocycles. The Labute approximate surface area is 100 Å². The fourth-order valence-corrected chi connectivity index (χ4v) is 1.68. The molecule has 17 heavy (non-hydrogen) atoms. The molecule has 1 amide bonds. The number of amides is 1. The van der Waals surface area contributed by atoms with Gasteiger partial charge in [0.05, 0.1) is 0 Å². The van der Waals surface area contributed by atoms with Gasteiger partial charge in [0.25, 0.3) is 0 Å². The van der Waals surface area contributed by atoms with Gasteiger partial charge in [0.2, 0.25) is 5.91 Å². The van der Waals surface area contributed by atoms with Crippen molar-refractivity contribution >= 4 is 22.8 Å². The van der Waals surface area contributed by atoms with Crippen LogP contribution < -0.4 is 5.32 Å². The van der Waals surface area contributed by atoms with Crippen LogP contribution in [-0.2, 0) is 4.79 Å². The number of nitrogens with one attached hydrogen (secondary N) is 1. The molecular weight excluding hydrogens is 212 g/mol. The number of carbonyl (C=O) groups is 1. The minimum Gasteiger partial charge on any atom is -0.353 e. The predicted octanol–water partition coefficient (Wildman–Crippen LogP) is 2.38. The Hall–Kier alpha value is -2.16. The summed E-state index contributed by atoms with van der Waals surface area (Å²) in [5, 5.41) is 5.01. The van der Waals surface area contributed by atoms with Crippen LogP contribution in [0.15, 0.2) is 42.7 Å². The maximum Gasteiger partial charge on any atom is 0.217 e. The number of nitrogens with zero attached hydrogens (tertiary/aromatic N) is 1. The minimum atomic E-state index is -0.0169. The average Bonchev–Trinajstić information content (AvgIpc) is 2.34. The van der Waals surface area contributed by atoms with Gasteiger partial charge in [-0.15, -0.1) is 0 Å².